The van der Waals surface area contributed by atoms with Gasteiger partial charge >= 0.3 is 5.97 Å². The van der Waals surface area contributed by atoms with Gasteiger partial charge in [-0.05, 0) is 25.7 Å². The molecule has 0 aromatic carbocycles. The Labute approximate surface area is 101 Å². The van der Waals surface area contributed by atoms with Crippen molar-refractivity contribution in [3.05, 3.63) is 0 Å². The molecule has 0 bridgehead atoms. The average molecular weight is 241 g/mol. The van der Waals surface area contributed by atoms with E-state index in [-0.39, 0.29) is 17.9 Å². The molecule has 1 aliphatic carbocycles. The summed E-state index contributed by atoms with van der Waals surface area (Å²) in [6.45, 7) is 1.28. The normalized spacial score (nSPS) is 32.6. The molecule has 96 valence electrons. The van der Waals surface area contributed by atoms with E-state index in [4.69, 9.17) is 9.84 Å². The van der Waals surface area contributed by atoms with E-state index in [1.165, 1.54) is 0 Å². The van der Waals surface area contributed by atoms with Gasteiger partial charge in [0.15, 0.2) is 0 Å². The van der Waals surface area contributed by atoms with Crippen LogP contribution in [-0.4, -0.2) is 36.2 Å². The molecule has 2 aliphatic rings. The molecule has 1 saturated heterocycles. The number of rotatable bonds is 4. The van der Waals surface area contributed by atoms with E-state index in [1.807, 2.05) is 0 Å². The zero-order chi connectivity index (χ0) is 12.3. The lowest BCUT2D eigenvalue weighted by molar-refractivity contribution is -0.146. The first kappa shape index (κ1) is 12.4. The number of hydrogen-bond acceptors (Lipinski definition) is 3. The highest BCUT2D eigenvalue weighted by molar-refractivity contribution is 5.85. The van der Waals surface area contributed by atoms with Gasteiger partial charge < -0.3 is 15.2 Å². The first-order valence-electron chi connectivity index (χ1n) is 6.30. The van der Waals surface area contributed by atoms with Crippen molar-refractivity contribution >= 4 is 11.9 Å². The van der Waals surface area contributed by atoms with Crippen LogP contribution in [-0.2, 0) is 14.3 Å². The summed E-state index contributed by atoms with van der Waals surface area (Å²) in [5, 5.41) is 11.8. The first-order valence-corrected chi connectivity index (χ1v) is 6.30. The minimum absolute atomic E-state index is 0.114. The van der Waals surface area contributed by atoms with Gasteiger partial charge in [-0.3, -0.25) is 9.59 Å². The summed E-state index contributed by atoms with van der Waals surface area (Å²) >= 11 is 0. The summed E-state index contributed by atoms with van der Waals surface area (Å²) in [5.74, 6) is -1.82. The maximum absolute atomic E-state index is 11.9. The maximum Gasteiger partial charge on any atom is 0.307 e. The SMILES string of the molecule is O=C(O)[C@H]1CCC[C@H]1C(=O)NCC1CCCO1. The highest BCUT2D eigenvalue weighted by Gasteiger charge is 2.37. The second kappa shape index (κ2) is 5.49. The zero-order valence-corrected chi connectivity index (χ0v) is 9.85. The lowest BCUT2D eigenvalue weighted by atomic mass is 9.95. The molecule has 3 atom stereocenters. The lowest BCUT2D eigenvalue weighted by Gasteiger charge is -2.17. The molecule has 1 amide bonds. The third-order valence-corrected chi connectivity index (χ3v) is 3.70. The number of carbonyl (C=O) groups is 2. The van der Waals surface area contributed by atoms with Crippen LogP contribution < -0.4 is 5.32 Å². The second-order valence-electron chi connectivity index (χ2n) is 4.86. The number of amides is 1. The minimum atomic E-state index is -0.847. The number of aliphatic carboxylic acids is 1. The lowest BCUT2D eigenvalue weighted by Crippen LogP contribution is -2.39. The zero-order valence-electron chi connectivity index (χ0n) is 9.85. The molecule has 0 aromatic heterocycles. The summed E-state index contributed by atoms with van der Waals surface area (Å²) in [6.07, 6.45) is 4.27. The van der Waals surface area contributed by atoms with Crippen LogP contribution in [0.2, 0.25) is 0 Å². The van der Waals surface area contributed by atoms with E-state index >= 15 is 0 Å². The Morgan fingerprint density at radius 2 is 1.94 bits per heavy atom. The van der Waals surface area contributed by atoms with Crippen molar-refractivity contribution in [3.8, 4) is 0 Å². The predicted octanol–water partition coefficient (Wildman–Crippen LogP) is 0.782. The van der Waals surface area contributed by atoms with Crippen LogP contribution in [0.3, 0.4) is 0 Å². The molecule has 5 nitrogen and oxygen atoms in total. The number of carbonyl (C=O) groups excluding carboxylic acids is 1. The van der Waals surface area contributed by atoms with Gasteiger partial charge in [-0.15, -0.1) is 0 Å². The highest BCUT2D eigenvalue weighted by atomic mass is 16.5. The van der Waals surface area contributed by atoms with E-state index in [1.54, 1.807) is 0 Å². The van der Waals surface area contributed by atoms with Crippen LogP contribution in [0.25, 0.3) is 0 Å². The second-order valence-corrected chi connectivity index (χ2v) is 4.86. The number of hydrogen-bond donors (Lipinski definition) is 2. The van der Waals surface area contributed by atoms with Gasteiger partial charge in [0, 0.05) is 13.2 Å². The molecule has 5 heteroatoms. The van der Waals surface area contributed by atoms with Gasteiger partial charge in [0.2, 0.25) is 5.91 Å². The molecule has 0 radical (unpaired) electrons. The fourth-order valence-corrected chi connectivity index (χ4v) is 2.72. The molecular weight excluding hydrogens is 222 g/mol. The molecule has 1 aliphatic heterocycles. The van der Waals surface area contributed by atoms with Crippen molar-refractivity contribution in [1.82, 2.24) is 5.32 Å². The molecule has 2 N–H and O–H groups in total. The van der Waals surface area contributed by atoms with Gasteiger partial charge in [-0.1, -0.05) is 6.42 Å². The fraction of sp³-hybridized carbons (Fsp3) is 0.833. The molecule has 2 fully saturated rings. The quantitative estimate of drug-likeness (QED) is 0.762. The Morgan fingerprint density at radius 1 is 1.18 bits per heavy atom. The summed E-state index contributed by atoms with van der Waals surface area (Å²) in [6, 6.07) is 0. The number of carboxylic acids is 1. The monoisotopic (exact) mass is 241 g/mol. The van der Waals surface area contributed by atoms with Crippen LogP contribution in [0.1, 0.15) is 32.1 Å². The average Bonchev–Trinajstić information content (AvgIpc) is 2.96. The molecule has 0 aromatic rings. The van der Waals surface area contributed by atoms with Crippen molar-refractivity contribution in [3.63, 3.8) is 0 Å². The van der Waals surface area contributed by atoms with Gasteiger partial charge in [0.05, 0.1) is 17.9 Å². The standard InChI is InChI=1S/C12H19NO4/c14-11(13-7-8-3-2-6-17-8)9-4-1-5-10(9)12(15)16/h8-10H,1-7H2,(H,13,14)(H,15,16)/t8?,9-,10+/m1/s1. The maximum atomic E-state index is 11.9. The van der Waals surface area contributed by atoms with Gasteiger partial charge in [0.1, 0.15) is 0 Å². The Balaban J connectivity index is 1.80. The smallest absolute Gasteiger partial charge is 0.307 e. The third kappa shape index (κ3) is 2.97. The van der Waals surface area contributed by atoms with Crippen LogP contribution in [0.5, 0.6) is 0 Å². The Morgan fingerprint density at radius 3 is 2.59 bits per heavy atom. The Bertz CT molecular complexity index is 299. The van der Waals surface area contributed by atoms with Crippen molar-refractivity contribution in [2.45, 2.75) is 38.2 Å². The van der Waals surface area contributed by atoms with Crippen LogP contribution in [0, 0.1) is 11.8 Å². The largest absolute Gasteiger partial charge is 0.481 e. The van der Waals surface area contributed by atoms with Crippen molar-refractivity contribution in [1.29, 1.82) is 0 Å². The molecule has 1 saturated carbocycles. The van der Waals surface area contributed by atoms with Crippen molar-refractivity contribution < 1.29 is 19.4 Å². The molecule has 0 spiro atoms. The molecular formula is C12H19NO4. The van der Waals surface area contributed by atoms with Gasteiger partial charge in [-0.2, -0.15) is 0 Å². The van der Waals surface area contributed by atoms with Crippen molar-refractivity contribution in [2.24, 2.45) is 11.8 Å². The number of carboxylic acid groups (broad SMARTS) is 1. The molecule has 2 rings (SSSR count). The first-order chi connectivity index (χ1) is 8.18. The van der Waals surface area contributed by atoms with E-state index in [2.05, 4.69) is 5.32 Å². The van der Waals surface area contributed by atoms with E-state index in [0.29, 0.717) is 19.4 Å². The summed E-state index contributed by atoms with van der Waals surface area (Å²) in [7, 11) is 0. The van der Waals surface area contributed by atoms with Crippen molar-refractivity contribution in [2.75, 3.05) is 13.2 Å². The topological polar surface area (TPSA) is 75.6 Å². The van der Waals surface area contributed by atoms with Crippen LogP contribution in [0.4, 0.5) is 0 Å². The minimum Gasteiger partial charge on any atom is -0.481 e. The third-order valence-electron chi connectivity index (χ3n) is 3.70. The number of ether oxygens (including phenoxy) is 1. The highest BCUT2D eigenvalue weighted by Crippen LogP contribution is 2.32. The summed E-state index contributed by atoms with van der Waals surface area (Å²) < 4.78 is 5.41. The van der Waals surface area contributed by atoms with Gasteiger partial charge in [0.25, 0.3) is 0 Å². The molecule has 1 heterocycles. The Hall–Kier alpha value is -1.10. The molecule has 17 heavy (non-hydrogen) atoms. The van der Waals surface area contributed by atoms with Gasteiger partial charge in [-0.25, -0.2) is 0 Å². The van der Waals surface area contributed by atoms with E-state index < -0.39 is 11.9 Å². The van der Waals surface area contributed by atoms with Crippen LogP contribution in [0.15, 0.2) is 0 Å². The van der Waals surface area contributed by atoms with Crippen LogP contribution >= 0.6 is 0 Å². The predicted molar refractivity (Wildman–Crippen MR) is 60.5 cm³/mol. The van der Waals surface area contributed by atoms with E-state index in [0.717, 1.165) is 25.9 Å². The summed E-state index contributed by atoms with van der Waals surface area (Å²) in [5.41, 5.74) is 0. The Kier molecular flexibility index (Phi) is 3.99. The van der Waals surface area contributed by atoms with E-state index in [9.17, 15) is 9.59 Å². The number of nitrogens with one attached hydrogen (secondary N) is 1. The summed E-state index contributed by atoms with van der Waals surface area (Å²) in [4.78, 5) is 22.9. The fourth-order valence-electron chi connectivity index (χ4n) is 2.72. The molecule has 1 unspecified atom stereocenters.